The molecule has 0 amide bonds. The number of rotatable bonds is 4. The Bertz CT molecular complexity index is 1190. The van der Waals surface area contributed by atoms with Crippen molar-refractivity contribution in [3.05, 3.63) is 86.2 Å². The number of benzene rings is 2. The van der Waals surface area contributed by atoms with Gasteiger partial charge in [-0.1, -0.05) is 40.2 Å². The molecule has 0 fully saturated rings. The monoisotopic (exact) mass is 440 g/mol. The summed E-state index contributed by atoms with van der Waals surface area (Å²) in [5.74, 6) is -0.973. The fourth-order valence-corrected chi connectivity index (χ4v) is 4.04. The Labute approximate surface area is 166 Å². The molecule has 0 spiro atoms. The van der Waals surface area contributed by atoms with Gasteiger partial charge in [0.25, 0.3) is 5.56 Å². The summed E-state index contributed by atoms with van der Waals surface area (Å²) >= 11 is 4.87. The molecule has 2 aromatic carbocycles. The van der Waals surface area contributed by atoms with Crippen LogP contribution in [0.2, 0.25) is 0 Å². The number of carboxylic acid groups (broad SMARTS) is 1. The van der Waals surface area contributed by atoms with E-state index in [1.165, 1.54) is 29.8 Å². The highest BCUT2D eigenvalue weighted by Crippen LogP contribution is 2.31. The van der Waals surface area contributed by atoms with Gasteiger partial charge < -0.3 is 5.11 Å². The Morgan fingerprint density at radius 2 is 1.81 bits per heavy atom. The van der Waals surface area contributed by atoms with Gasteiger partial charge in [0.2, 0.25) is 0 Å². The summed E-state index contributed by atoms with van der Waals surface area (Å²) in [4.78, 5) is 29.2. The zero-order valence-electron chi connectivity index (χ0n) is 13.9. The maximum atomic E-state index is 13.1. The second kappa shape index (κ2) is 7.09. The smallest absolute Gasteiger partial charge is 0.335 e. The molecule has 0 saturated heterocycles. The molecule has 0 saturated carbocycles. The van der Waals surface area contributed by atoms with Crippen LogP contribution in [-0.2, 0) is 6.54 Å². The number of thiophene rings is 1. The Balaban J connectivity index is 1.75. The summed E-state index contributed by atoms with van der Waals surface area (Å²) < 4.78 is 2.53. The highest BCUT2D eigenvalue weighted by atomic mass is 79.9. The summed E-state index contributed by atoms with van der Waals surface area (Å²) in [7, 11) is 0. The number of aromatic carboxylic acids is 1. The molecule has 2 aromatic heterocycles. The first-order chi connectivity index (χ1) is 13.0. The topological polar surface area (TPSA) is 72.2 Å². The van der Waals surface area contributed by atoms with Gasteiger partial charge in [0.1, 0.15) is 4.83 Å². The first kappa shape index (κ1) is 17.6. The third-order valence-corrected chi connectivity index (χ3v) is 5.68. The van der Waals surface area contributed by atoms with Gasteiger partial charge in [0.05, 0.1) is 23.8 Å². The van der Waals surface area contributed by atoms with Gasteiger partial charge in [0.15, 0.2) is 0 Å². The minimum Gasteiger partial charge on any atom is -0.478 e. The summed E-state index contributed by atoms with van der Waals surface area (Å²) in [6, 6.07) is 14.3. The number of carbonyl (C=O) groups is 1. The second-order valence-corrected chi connectivity index (χ2v) is 7.79. The van der Waals surface area contributed by atoms with Gasteiger partial charge in [0, 0.05) is 15.4 Å². The molecule has 0 bridgehead atoms. The fraction of sp³-hybridized carbons (Fsp3) is 0.0500. The van der Waals surface area contributed by atoms with Crippen LogP contribution in [0.25, 0.3) is 21.3 Å². The molecule has 0 aliphatic carbocycles. The lowest BCUT2D eigenvalue weighted by Crippen LogP contribution is -2.21. The quantitative estimate of drug-likeness (QED) is 0.501. The van der Waals surface area contributed by atoms with E-state index in [4.69, 9.17) is 5.11 Å². The average Bonchev–Trinajstić information content (AvgIpc) is 3.10. The molecular formula is C20H13BrN2O3S. The lowest BCUT2D eigenvalue weighted by atomic mass is 10.1. The molecule has 4 aromatic rings. The molecular weight excluding hydrogens is 428 g/mol. The minimum absolute atomic E-state index is 0.110. The van der Waals surface area contributed by atoms with Gasteiger partial charge in [-0.05, 0) is 35.4 Å². The molecule has 2 heterocycles. The van der Waals surface area contributed by atoms with E-state index in [1.807, 2.05) is 29.6 Å². The SMILES string of the molecule is O=C(O)c1ccc(Cn2cnc3scc(-c4ccc(Br)cc4)c3c2=O)cc1. The molecule has 7 heteroatoms. The average molecular weight is 441 g/mol. The van der Waals surface area contributed by atoms with E-state index >= 15 is 0 Å². The summed E-state index contributed by atoms with van der Waals surface area (Å²) in [6.45, 7) is 0.331. The van der Waals surface area contributed by atoms with Crippen LogP contribution in [0.5, 0.6) is 0 Å². The van der Waals surface area contributed by atoms with Crippen molar-refractivity contribution >= 4 is 43.5 Å². The van der Waals surface area contributed by atoms with E-state index < -0.39 is 5.97 Å². The number of carboxylic acids is 1. The van der Waals surface area contributed by atoms with Crippen molar-refractivity contribution in [2.45, 2.75) is 6.54 Å². The zero-order chi connectivity index (χ0) is 19.0. The maximum absolute atomic E-state index is 13.1. The summed E-state index contributed by atoms with van der Waals surface area (Å²) in [5, 5.41) is 11.5. The molecule has 1 N–H and O–H groups in total. The number of nitrogens with zero attached hydrogens (tertiary/aromatic N) is 2. The van der Waals surface area contributed by atoms with Crippen LogP contribution in [0.15, 0.2) is 69.5 Å². The van der Waals surface area contributed by atoms with Crippen LogP contribution < -0.4 is 5.56 Å². The van der Waals surface area contributed by atoms with Gasteiger partial charge in [-0.2, -0.15) is 0 Å². The maximum Gasteiger partial charge on any atom is 0.335 e. The molecule has 0 unspecified atom stereocenters. The van der Waals surface area contributed by atoms with E-state index in [0.29, 0.717) is 16.8 Å². The van der Waals surface area contributed by atoms with E-state index in [9.17, 15) is 9.59 Å². The number of fused-ring (bicyclic) bond motifs is 1. The number of hydrogen-bond acceptors (Lipinski definition) is 4. The Kier molecular flexibility index (Phi) is 4.63. The molecule has 0 aliphatic rings. The molecule has 0 radical (unpaired) electrons. The first-order valence-corrected chi connectivity index (χ1v) is 9.75. The van der Waals surface area contributed by atoms with E-state index in [-0.39, 0.29) is 11.1 Å². The largest absolute Gasteiger partial charge is 0.478 e. The fourth-order valence-electron chi connectivity index (χ4n) is 2.87. The van der Waals surface area contributed by atoms with Crippen molar-refractivity contribution in [3.8, 4) is 11.1 Å². The van der Waals surface area contributed by atoms with Crippen molar-refractivity contribution in [2.24, 2.45) is 0 Å². The van der Waals surface area contributed by atoms with E-state index in [0.717, 1.165) is 21.2 Å². The van der Waals surface area contributed by atoms with Gasteiger partial charge in [-0.3, -0.25) is 9.36 Å². The van der Waals surface area contributed by atoms with Crippen molar-refractivity contribution < 1.29 is 9.90 Å². The second-order valence-electron chi connectivity index (χ2n) is 6.02. The predicted octanol–water partition coefficient (Wildman–Crippen LogP) is 4.63. The standard InChI is InChI=1S/C20H13BrN2O3S/c21-15-7-5-13(6-8-15)16-10-27-18-17(16)19(24)23(11-22-18)9-12-1-3-14(4-2-12)20(25)26/h1-8,10-11H,9H2,(H,25,26). The van der Waals surface area contributed by atoms with Crippen LogP contribution in [0.4, 0.5) is 0 Å². The number of aromatic nitrogens is 2. The number of halogens is 1. The van der Waals surface area contributed by atoms with Crippen molar-refractivity contribution in [3.63, 3.8) is 0 Å². The Morgan fingerprint density at radius 1 is 1.11 bits per heavy atom. The molecule has 4 rings (SSSR count). The van der Waals surface area contributed by atoms with E-state index in [2.05, 4.69) is 20.9 Å². The lowest BCUT2D eigenvalue weighted by Gasteiger charge is -2.07. The van der Waals surface area contributed by atoms with Crippen LogP contribution >= 0.6 is 27.3 Å². The third-order valence-electron chi connectivity index (χ3n) is 4.27. The van der Waals surface area contributed by atoms with Gasteiger partial charge in [-0.15, -0.1) is 11.3 Å². The van der Waals surface area contributed by atoms with Crippen molar-refractivity contribution in [1.82, 2.24) is 9.55 Å². The zero-order valence-corrected chi connectivity index (χ0v) is 16.3. The van der Waals surface area contributed by atoms with Crippen LogP contribution in [0.3, 0.4) is 0 Å². The van der Waals surface area contributed by atoms with Crippen LogP contribution in [0.1, 0.15) is 15.9 Å². The van der Waals surface area contributed by atoms with Gasteiger partial charge in [-0.25, -0.2) is 9.78 Å². The first-order valence-electron chi connectivity index (χ1n) is 8.08. The normalized spacial score (nSPS) is 11.0. The Hall–Kier alpha value is -2.77. The van der Waals surface area contributed by atoms with Crippen LogP contribution in [0, 0.1) is 0 Å². The lowest BCUT2D eigenvalue weighted by molar-refractivity contribution is 0.0697. The Morgan fingerprint density at radius 3 is 2.48 bits per heavy atom. The molecule has 134 valence electrons. The van der Waals surface area contributed by atoms with Crippen LogP contribution in [-0.4, -0.2) is 20.6 Å². The minimum atomic E-state index is -0.973. The summed E-state index contributed by atoms with van der Waals surface area (Å²) in [6.07, 6.45) is 1.54. The van der Waals surface area contributed by atoms with Crippen molar-refractivity contribution in [1.29, 1.82) is 0 Å². The highest BCUT2D eigenvalue weighted by molar-refractivity contribution is 9.10. The van der Waals surface area contributed by atoms with Crippen molar-refractivity contribution in [2.75, 3.05) is 0 Å². The third kappa shape index (κ3) is 3.43. The molecule has 0 atom stereocenters. The van der Waals surface area contributed by atoms with Gasteiger partial charge >= 0.3 is 5.97 Å². The molecule has 0 aliphatic heterocycles. The molecule has 27 heavy (non-hydrogen) atoms. The predicted molar refractivity (Wildman–Crippen MR) is 110 cm³/mol. The van der Waals surface area contributed by atoms with E-state index in [1.54, 1.807) is 16.7 Å². The molecule has 5 nitrogen and oxygen atoms in total. The highest BCUT2D eigenvalue weighted by Gasteiger charge is 2.13. The summed E-state index contributed by atoms with van der Waals surface area (Å²) in [5.41, 5.74) is 2.78. The number of hydrogen-bond donors (Lipinski definition) is 1.